The van der Waals surface area contributed by atoms with Crippen molar-refractivity contribution in [3.05, 3.63) is 58.1 Å². The number of fused-ring (bicyclic) bond motifs is 1. The second-order valence-corrected chi connectivity index (χ2v) is 9.55. The fourth-order valence-electron chi connectivity index (χ4n) is 5.07. The summed E-state index contributed by atoms with van der Waals surface area (Å²) in [5.74, 6) is 1.75. The lowest BCUT2D eigenvalue weighted by Crippen LogP contribution is -2.32. The summed E-state index contributed by atoms with van der Waals surface area (Å²) in [6, 6.07) is 13.2. The van der Waals surface area contributed by atoms with E-state index in [0.29, 0.717) is 40.7 Å². The van der Waals surface area contributed by atoms with Crippen molar-refractivity contribution in [2.45, 2.75) is 26.2 Å². The Kier molecular flexibility index (Phi) is 6.85. The van der Waals surface area contributed by atoms with E-state index in [1.54, 1.807) is 18.2 Å². The number of hydrogen-bond acceptors (Lipinski definition) is 3. The van der Waals surface area contributed by atoms with E-state index < -0.39 is 0 Å². The van der Waals surface area contributed by atoms with Gasteiger partial charge >= 0.3 is 0 Å². The molecule has 1 heterocycles. The van der Waals surface area contributed by atoms with Crippen LogP contribution in [0.5, 0.6) is 0 Å². The summed E-state index contributed by atoms with van der Waals surface area (Å²) in [6.07, 6.45) is 3.57. The Morgan fingerprint density at radius 1 is 1.03 bits per heavy atom. The molecule has 1 saturated carbocycles. The summed E-state index contributed by atoms with van der Waals surface area (Å²) in [5.41, 5.74) is 2.50. The van der Waals surface area contributed by atoms with E-state index in [2.05, 4.69) is 27.7 Å². The number of nitrogens with zero attached hydrogens (tertiary/aromatic N) is 1. The Labute approximate surface area is 193 Å². The molecule has 7 heteroatoms. The van der Waals surface area contributed by atoms with Crippen LogP contribution in [0.25, 0.3) is 0 Å². The number of likely N-dealkylation sites (tertiary alicyclic amines) is 1. The summed E-state index contributed by atoms with van der Waals surface area (Å²) in [6.45, 7) is 3.75. The Morgan fingerprint density at radius 3 is 2.52 bits per heavy atom. The molecule has 2 aromatic rings. The van der Waals surface area contributed by atoms with Crippen molar-refractivity contribution in [1.82, 2.24) is 4.90 Å². The van der Waals surface area contributed by atoms with Crippen molar-refractivity contribution >= 4 is 46.4 Å². The number of anilines is 2. The Morgan fingerprint density at radius 2 is 1.81 bits per heavy atom. The molecule has 1 aliphatic carbocycles. The van der Waals surface area contributed by atoms with E-state index in [9.17, 15) is 9.59 Å². The fourth-order valence-corrected chi connectivity index (χ4v) is 5.42. The number of amides is 2. The molecule has 1 saturated heterocycles. The average Bonchev–Trinajstić information content (AvgIpc) is 3.26. The van der Waals surface area contributed by atoms with E-state index in [0.717, 1.165) is 24.5 Å². The van der Waals surface area contributed by atoms with Gasteiger partial charge in [0.25, 0.3) is 0 Å². The van der Waals surface area contributed by atoms with Gasteiger partial charge < -0.3 is 10.6 Å². The summed E-state index contributed by atoms with van der Waals surface area (Å²) < 4.78 is 0. The molecule has 1 aliphatic heterocycles. The Bertz CT molecular complexity index is 964. The lowest BCUT2D eigenvalue weighted by molar-refractivity contribution is -0.117. The average molecular weight is 460 g/mol. The molecule has 0 radical (unpaired) electrons. The molecule has 2 aromatic carbocycles. The predicted octanol–water partition coefficient (Wildman–Crippen LogP) is 5.09. The molecule has 2 aliphatic rings. The highest BCUT2D eigenvalue weighted by atomic mass is 35.5. The second kappa shape index (κ2) is 9.60. The van der Waals surface area contributed by atoms with Gasteiger partial charge in [0.05, 0.1) is 17.3 Å². The maximum absolute atomic E-state index is 12.6. The van der Waals surface area contributed by atoms with Gasteiger partial charge in [0.2, 0.25) is 11.8 Å². The lowest BCUT2D eigenvalue weighted by atomic mass is 9.87. The smallest absolute Gasteiger partial charge is 0.238 e. The number of benzene rings is 2. The first-order valence-electron chi connectivity index (χ1n) is 10.7. The third-order valence-corrected chi connectivity index (χ3v) is 6.99. The molecule has 164 valence electrons. The SMILES string of the molecule is CC(=O)Nc1ccc(NC(=O)CN2C[C@H]3CC[C@H](Cc4ccc(Cl)cc4)[C@H]3C2)c(Cl)c1. The van der Waals surface area contributed by atoms with Crippen LogP contribution >= 0.6 is 23.2 Å². The summed E-state index contributed by atoms with van der Waals surface area (Å²) in [7, 11) is 0. The third-order valence-electron chi connectivity index (χ3n) is 6.42. The minimum Gasteiger partial charge on any atom is -0.326 e. The number of rotatable bonds is 6. The van der Waals surface area contributed by atoms with E-state index >= 15 is 0 Å². The van der Waals surface area contributed by atoms with Crippen LogP contribution in [0.1, 0.15) is 25.3 Å². The van der Waals surface area contributed by atoms with Crippen LogP contribution in [0.2, 0.25) is 10.0 Å². The molecule has 31 heavy (non-hydrogen) atoms. The number of halogens is 2. The molecule has 2 N–H and O–H groups in total. The summed E-state index contributed by atoms with van der Waals surface area (Å²) in [5, 5.41) is 6.76. The van der Waals surface area contributed by atoms with E-state index in [1.807, 2.05) is 12.1 Å². The highest BCUT2D eigenvalue weighted by Gasteiger charge is 2.42. The maximum atomic E-state index is 12.6. The second-order valence-electron chi connectivity index (χ2n) is 8.71. The van der Waals surface area contributed by atoms with Crippen LogP contribution in [-0.2, 0) is 16.0 Å². The quantitative estimate of drug-likeness (QED) is 0.631. The van der Waals surface area contributed by atoms with Gasteiger partial charge in [-0.3, -0.25) is 14.5 Å². The number of carbonyl (C=O) groups excluding carboxylic acids is 2. The zero-order valence-electron chi connectivity index (χ0n) is 17.5. The molecule has 0 spiro atoms. The van der Waals surface area contributed by atoms with Crippen molar-refractivity contribution in [3.63, 3.8) is 0 Å². The minimum absolute atomic E-state index is 0.0663. The predicted molar refractivity (Wildman–Crippen MR) is 126 cm³/mol. The third kappa shape index (κ3) is 5.59. The van der Waals surface area contributed by atoms with Gasteiger partial charge in [-0.1, -0.05) is 35.3 Å². The molecule has 2 amide bonds. The zero-order chi connectivity index (χ0) is 22.0. The molecule has 2 fully saturated rings. The topological polar surface area (TPSA) is 61.4 Å². The van der Waals surface area contributed by atoms with Crippen molar-refractivity contribution in [2.75, 3.05) is 30.3 Å². The van der Waals surface area contributed by atoms with Gasteiger partial charge in [0.1, 0.15) is 0 Å². The number of hydrogen-bond donors (Lipinski definition) is 2. The lowest BCUT2D eigenvalue weighted by Gasteiger charge is -2.21. The van der Waals surface area contributed by atoms with Crippen LogP contribution in [0.4, 0.5) is 11.4 Å². The first kappa shape index (κ1) is 22.1. The monoisotopic (exact) mass is 459 g/mol. The number of carbonyl (C=O) groups is 2. The van der Waals surface area contributed by atoms with Gasteiger partial charge in [0, 0.05) is 30.7 Å². The van der Waals surface area contributed by atoms with Gasteiger partial charge in [0.15, 0.2) is 0 Å². The highest BCUT2D eigenvalue weighted by Crippen LogP contribution is 2.43. The van der Waals surface area contributed by atoms with Gasteiger partial charge in [-0.2, -0.15) is 0 Å². The standard InChI is InChI=1S/C24H27Cl2N3O2/c1-15(30)27-20-8-9-23(22(26)11-20)28-24(31)14-29-12-18-5-4-17(21(18)13-29)10-16-2-6-19(25)7-3-16/h2-3,6-9,11,17-18,21H,4-5,10,12-14H2,1H3,(H,27,30)(H,28,31)/t17-,18-,21-/m1/s1. The highest BCUT2D eigenvalue weighted by molar-refractivity contribution is 6.34. The molecule has 0 unspecified atom stereocenters. The Balaban J connectivity index is 1.30. The van der Waals surface area contributed by atoms with E-state index in [-0.39, 0.29) is 11.8 Å². The first-order valence-corrected chi connectivity index (χ1v) is 11.5. The van der Waals surface area contributed by atoms with Crippen LogP contribution in [-0.4, -0.2) is 36.3 Å². The van der Waals surface area contributed by atoms with Gasteiger partial charge in [-0.15, -0.1) is 0 Å². The van der Waals surface area contributed by atoms with Crippen LogP contribution < -0.4 is 10.6 Å². The fraction of sp³-hybridized carbons (Fsp3) is 0.417. The van der Waals surface area contributed by atoms with Crippen molar-refractivity contribution < 1.29 is 9.59 Å². The number of nitrogens with one attached hydrogen (secondary N) is 2. The van der Waals surface area contributed by atoms with Gasteiger partial charge in [-0.05, 0) is 72.9 Å². The van der Waals surface area contributed by atoms with Gasteiger partial charge in [-0.25, -0.2) is 0 Å². The van der Waals surface area contributed by atoms with Crippen molar-refractivity contribution in [1.29, 1.82) is 0 Å². The van der Waals surface area contributed by atoms with E-state index in [1.165, 1.54) is 25.3 Å². The van der Waals surface area contributed by atoms with Crippen LogP contribution in [0.15, 0.2) is 42.5 Å². The Hall–Kier alpha value is -2.08. The first-order chi connectivity index (χ1) is 14.9. The molecular formula is C24H27Cl2N3O2. The maximum Gasteiger partial charge on any atom is 0.238 e. The summed E-state index contributed by atoms with van der Waals surface area (Å²) in [4.78, 5) is 26.0. The normalized spacial score (nSPS) is 22.9. The largest absolute Gasteiger partial charge is 0.326 e. The molecule has 4 rings (SSSR count). The molecule has 0 aromatic heterocycles. The summed E-state index contributed by atoms with van der Waals surface area (Å²) >= 11 is 12.3. The van der Waals surface area contributed by atoms with Crippen molar-refractivity contribution in [3.8, 4) is 0 Å². The zero-order valence-corrected chi connectivity index (χ0v) is 19.0. The molecule has 0 bridgehead atoms. The molecule has 3 atom stereocenters. The van der Waals surface area contributed by atoms with E-state index in [4.69, 9.17) is 23.2 Å². The molecular weight excluding hydrogens is 433 g/mol. The van der Waals surface area contributed by atoms with Crippen LogP contribution in [0.3, 0.4) is 0 Å². The van der Waals surface area contributed by atoms with Crippen molar-refractivity contribution in [2.24, 2.45) is 17.8 Å². The molecule has 5 nitrogen and oxygen atoms in total. The minimum atomic E-state index is -0.165. The van der Waals surface area contributed by atoms with Crippen LogP contribution in [0, 0.1) is 17.8 Å².